The number of halogens is 2. The van der Waals surface area contributed by atoms with Gasteiger partial charge in [-0.25, -0.2) is 4.39 Å². The quantitative estimate of drug-likeness (QED) is 0.602. The number of carbonyl (C=O) groups is 1. The van der Waals surface area contributed by atoms with Gasteiger partial charge in [-0.15, -0.1) is 0 Å². The second kappa shape index (κ2) is 7.97. The van der Waals surface area contributed by atoms with E-state index in [9.17, 15) is 9.18 Å². The molecule has 1 aromatic heterocycles. The molecule has 5 nitrogen and oxygen atoms in total. The Hall–Kier alpha value is -2.70. The molecule has 2 unspecified atom stereocenters. The Labute approximate surface area is 173 Å². The molecule has 4 rings (SSSR count). The van der Waals surface area contributed by atoms with Crippen LogP contribution in [0.15, 0.2) is 53.1 Å². The van der Waals surface area contributed by atoms with Crippen LogP contribution in [0.1, 0.15) is 34.7 Å². The molecule has 0 aliphatic carbocycles. The van der Waals surface area contributed by atoms with Crippen LogP contribution in [0.5, 0.6) is 0 Å². The monoisotopic (exact) mass is 414 g/mol. The van der Waals surface area contributed by atoms with Crippen LogP contribution in [0.25, 0.3) is 11.3 Å². The van der Waals surface area contributed by atoms with Gasteiger partial charge in [-0.2, -0.15) is 0 Å². The Kier molecular flexibility index (Phi) is 5.39. The molecule has 1 aliphatic heterocycles. The van der Waals surface area contributed by atoms with Crippen molar-refractivity contribution in [2.24, 2.45) is 0 Å². The number of hydrogen-bond donors (Lipinski definition) is 0. The van der Waals surface area contributed by atoms with Gasteiger partial charge in [-0.05, 0) is 31.5 Å². The van der Waals surface area contributed by atoms with Crippen LogP contribution < -0.4 is 0 Å². The lowest BCUT2D eigenvalue weighted by Crippen LogP contribution is -2.46. The minimum atomic E-state index is -0.558. The van der Waals surface area contributed by atoms with E-state index in [1.54, 1.807) is 17.9 Å². The Balaban J connectivity index is 1.69. The van der Waals surface area contributed by atoms with E-state index < -0.39 is 5.82 Å². The zero-order valence-electron chi connectivity index (χ0n) is 16.1. The van der Waals surface area contributed by atoms with E-state index in [-0.39, 0.29) is 40.0 Å². The van der Waals surface area contributed by atoms with Gasteiger partial charge in [-0.1, -0.05) is 53.2 Å². The van der Waals surface area contributed by atoms with Crippen molar-refractivity contribution in [3.8, 4) is 11.3 Å². The van der Waals surface area contributed by atoms with Gasteiger partial charge >= 0.3 is 0 Å². The van der Waals surface area contributed by atoms with Crippen LogP contribution in [-0.4, -0.2) is 35.2 Å². The maximum atomic E-state index is 14.5. The highest BCUT2D eigenvalue weighted by molar-refractivity contribution is 6.33. The van der Waals surface area contributed by atoms with Gasteiger partial charge in [0, 0.05) is 6.54 Å². The number of amides is 1. The number of carbonyl (C=O) groups excluding carboxylic acids is 1. The van der Waals surface area contributed by atoms with Crippen molar-refractivity contribution in [2.75, 3.05) is 13.1 Å². The summed E-state index contributed by atoms with van der Waals surface area (Å²) >= 11 is 6.20. The molecule has 2 aromatic carbocycles. The normalized spacial score (nSPS) is 19.4. The second-order valence-corrected chi connectivity index (χ2v) is 7.52. The number of ether oxygens (including phenoxy) is 1. The number of nitrogens with zero attached hydrogens (tertiary/aromatic N) is 2. The standard InChI is InChI=1S/C22H20ClFN2O3/c1-13-11-26(12-18(28-13)15-7-4-3-5-8-15)22(27)19-14(2)29-25-21(19)20-16(23)9-6-10-17(20)24/h3-10,13,18H,11-12H2,1-2H3. The second-order valence-electron chi connectivity index (χ2n) is 7.12. The summed E-state index contributed by atoms with van der Waals surface area (Å²) in [6, 6.07) is 14.1. The number of rotatable bonds is 3. The number of benzene rings is 2. The average Bonchev–Trinajstić information content (AvgIpc) is 3.08. The van der Waals surface area contributed by atoms with Crippen molar-refractivity contribution in [3.05, 3.63) is 76.3 Å². The summed E-state index contributed by atoms with van der Waals surface area (Å²) in [5.41, 5.74) is 1.40. The minimum Gasteiger partial charge on any atom is -0.367 e. The van der Waals surface area contributed by atoms with Crippen LogP contribution >= 0.6 is 11.6 Å². The van der Waals surface area contributed by atoms with E-state index in [0.717, 1.165) is 5.56 Å². The maximum Gasteiger partial charge on any atom is 0.259 e. The maximum absolute atomic E-state index is 14.5. The van der Waals surface area contributed by atoms with Crippen LogP contribution in [0.3, 0.4) is 0 Å². The Morgan fingerprint density at radius 1 is 1.17 bits per heavy atom. The first-order valence-corrected chi connectivity index (χ1v) is 9.74. The summed E-state index contributed by atoms with van der Waals surface area (Å²) in [6.07, 6.45) is -0.400. The molecule has 2 atom stereocenters. The molecular weight excluding hydrogens is 395 g/mol. The molecule has 0 bridgehead atoms. The van der Waals surface area contributed by atoms with E-state index in [1.165, 1.54) is 12.1 Å². The number of aryl methyl sites for hydroxylation is 1. The highest BCUT2D eigenvalue weighted by Crippen LogP contribution is 2.35. The van der Waals surface area contributed by atoms with Gasteiger partial charge in [0.2, 0.25) is 0 Å². The van der Waals surface area contributed by atoms with Gasteiger partial charge < -0.3 is 14.2 Å². The van der Waals surface area contributed by atoms with Crippen molar-refractivity contribution in [2.45, 2.75) is 26.1 Å². The topological polar surface area (TPSA) is 55.6 Å². The third kappa shape index (κ3) is 3.78. The van der Waals surface area contributed by atoms with Crippen LogP contribution in [0.2, 0.25) is 5.02 Å². The lowest BCUT2D eigenvalue weighted by atomic mass is 10.0. The fraction of sp³-hybridized carbons (Fsp3) is 0.273. The van der Waals surface area contributed by atoms with Crippen LogP contribution in [0.4, 0.5) is 4.39 Å². The number of hydrogen-bond acceptors (Lipinski definition) is 4. The molecule has 150 valence electrons. The van der Waals surface area contributed by atoms with Gasteiger partial charge in [0.25, 0.3) is 5.91 Å². The Bertz CT molecular complexity index is 1020. The van der Waals surface area contributed by atoms with Crippen molar-refractivity contribution >= 4 is 17.5 Å². The predicted octanol–water partition coefficient (Wildman–Crippen LogP) is 5.04. The summed E-state index contributed by atoms with van der Waals surface area (Å²) in [6.45, 7) is 4.35. The summed E-state index contributed by atoms with van der Waals surface area (Å²) in [4.78, 5) is 15.1. The first-order valence-electron chi connectivity index (χ1n) is 9.36. The van der Waals surface area contributed by atoms with Crippen molar-refractivity contribution in [1.82, 2.24) is 10.1 Å². The van der Waals surface area contributed by atoms with Gasteiger partial charge in [-0.3, -0.25) is 4.79 Å². The molecule has 0 spiro atoms. The van der Waals surface area contributed by atoms with E-state index in [2.05, 4.69) is 5.16 Å². The highest BCUT2D eigenvalue weighted by Gasteiger charge is 2.34. The van der Waals surface area contributed by atoms with Gasteiger partial charge in [0.1, 0.15) is 28.9 Å². The molecule has 0 radical (unpaired) electrons. The van der Waals surface area contributed by atoms with Gasteiger partial charge in [0.05, 0.1) is 23.2 Å². The van der Waals surface area contributed by atoms with E-state index in [4.69, 9.17) is 20.9 Å². The molecule has 1 aliphatic rings. The van der Waals surface area contributed by atoms with Crippen molar-refractivity contribution in [3.63, 3.8) is 0 Å². The molecule has 1 amide bonds. The summed E-state index contributed by atoms with van der Waals surface area (Å²) in [5, 5.41) is 4.11. The molecule has 7 heteroatoms. The fourth-order valence-electron chi connectivity index (χ4n) is 3.65. The summed E-state index contributed by atoms with van der Waals surface area (Å²) in [5.74, 6) is -0.522. The van der Waals surface area contributed by atoms with E-state index >= 15 is 0 Å². The molecule has 1 saturated heterocycles. The lowest BCUT2D eigenvalue weighted by Gasteiger charge is -2.37. The predicted molar refractivity (Wildman–Crippen MR) is 107 cm³/mol. The molecule has 2 heterocycles. The van der Waals surface area contributed by atoms with Gasteiger partial charge in [0.15, 0.2) is 0 Å². The Morgan fingerprint density at radius 2 is 1.93 bits per heavy atom. The zero-order chi connectivity index (χ0) is 20.5. The summed E-state index contributed by atoms with van der Waals surface area (Å²) < 4.78 is 25.8. The summed E-state index contributed by atoms with van der Waals surface area (Å²) in [7, 11) is 0. The van der Waals surface area contributed by atoms with E-state index in [0.29, 0.717) is 18.8 Å². The Morgan fingerprint density at radius 3 is 2.66 bits per heavy atom. The van der Waals surface area contributed by atoms with Crippen LogP contribution in [0, 0.1) is 12.7 Å². The molecule has 0 N–H and O–H groups in total. The molecular formula is C22H20ClFN2O3. The SMILES string of the molecule is Cc1onc(-c2c(F)cccc2Cl)c1C(=O)N1CC(C)OC(c2ccccc2)C1. The highest BCUT2D eigenvalue weighted by atomic mass is 35.5. The zero-order valence-corrected chi connectivity index (χ0v) is 16.8. The third-order valence-corrected chi connectivity index (χ3v) is 5.31. The first-order chi connectivity index (χ1) is 14.0. The minimum absolute atomic E-state index is 0.0651. The smallest absolute Gasteiger partial charge is 0.259 e. The molecule has 1 fully saturated rings. The first kappa shape index (κ1) is 19.6. The molecule has 29 heavy (non-hydrogen) atoms. The van der Waals surface area contributed by atoms with Crippen molar-refractivity contribution in [1.29, 1.82) is 0 Å². The molecule has 0 saturated carbocycles. The third-order valence-electron chi connectivity index (χ3n) is 5.00. The molecule has 3 aromatic rings. The van der Waals surface area contributed by atoms with Crippen LogP contribution in [-0.2, 0) is 4.74 Å². The number of aromatic nitrogens is 1. The van der Waals surface area contributed by atoms with E-state index in [1.807, 2.05) is 37.3 Å². The largest absolute Gasteiger partial charge is 0.367 e. The number of morpholine rings is 1. The fourth-order valence-corrected chi connectivity index (χ4v) is 3.90. The average molecular weight is 415 g/mol. The lowest BCUT2D eigenvalue weighted by molar-refractivity contribution is -0.0691. The van der Waals surface area contributed by atoms with Crippen molar-refractivity contribution < 1.29 is 18.4 Å².